The molecule has 1 aromatic carbocycles. The fraction of sp³-hybridized carbons (Fsp3) is 0.647. The minimum Gasteiger partial charge on any atom is -0.497 e. The van der Waals surface area contributed by atoms with Gasteiger partial charge in [-0.05, 0) is 44.4 Å². The van der Waals surface area contributed by atoms with E-state index in [1.165, 1.54) is 12.8 Å². The van der Waals surface area contributed by atoms with E-state index in [1.807, 2.05) is 24.3 Å². The molecule has 0 amide bonds. The zero-order valence-electron chi connectivity index (χ0n) is 13.3. The van der Waals surface area contributed by atoms with Crippen LogP contribution in [0.4, 0.5) is 0 Å². The van der Waals surface area contributed by atoms with Crippen molar-refractivity contribution < 1.29 is 14.6 Å². The van der Waals surface area contributed by atoms with E-state index in [4.69, 9.17) is 9.47 Å². The molecule has 1 fully saturated rings. The van der Waals surface area contributed by atoms with Gasteiger partial charge in [0.2, 0.25) is 0 Å². The van der Waals surface area contributed by atoms with E-state index in [2.05, 4.69) is 18.7 Å². The molecule has 118 valence electrons. The van der Waals surface area contributed by atoms with Crippen LogP contribution in [0.25, 0.3) is 0 Å². The van der Waals surface area contributed by atoms with Gasteiger partial charge in [-0.25, -0.2) is 0 Å². The molecule has 21 heavy (non-hydrogen) atoms. The maximum absolute atomic E-state index is 10.1. The number of hydrogen-bond acceptors (Lipinski definition) is 4. The molecular formula is C17H27NO3. The van der Waals surface area contributed by atoms with Gasteiger partial charge in [0.25, 0.3) is 0 Å². The Balaban J connectivity index is 1.72. The summed E-state index contributed by atoms with van der Waals surface area (Å²) in [5.74, 6) is 0.830. The van der Waals surface area contributed by atoms with Crippen molar-refractivity contribution in [3.8, 4) is 5.75 Å². The summed E-state index contributed by atoms with van der Waals surface area (Å²) in [6, 6.07) is 8.94. The number of methoxy groups -OCH3 is 1. The summed E-state index contributed by atoms with van der Waals surface area (Å²) in [6.45, 7) is 6.02. The number of rotatable bonds is 7. The molecule has 0 spiro atoms. The third kappa shape index (κ3) is 4.70. The average Bonchev–Trinajstić information content (AvgIpc) is 2.79. The second-order valence-corrected chi connectivity index (χ2v) is 5.99. The minimum atomic E-state index is -0.432. The average molecular weight is 293 g/mol. The van der Waals surface area contributed by atoms with Gasteiger partial charge in [0, 0.05) is 18.6 Å². The number of aliphatic hydroxyl groups excluding tert-OH is 1. The zero-order valence-corrected chi connectivity index (χ0v) is 13.3. The van der Waals surface area contributed by atoms with Crippen molar-refractivity contribution in [2.75, 3.05) is 20.3 Å². The molecular weight excluding hydrogens is 266 g/mol. The smallest absolute Gasteiger partial charge is 0.119 e. The van der Waals surface area contributed by atoms with Crippen molar-refractivity contribution >= 4 is 0 Å². The van der Waals surface area contributed by atoms with Gasteiger partial charge in [0.15, 0.2) is 0 Å². The summed E-state index contributed by atoms with van der Waals surface area (Å²) in [5.41, 5.74) is 1.06. The number of likely N-dealkylation sites (tertiary alicyclic amines) is 1. The van der Waals surface area contributed by atoms with Crippen LogP contribution in [0.2, 0.25) is 0 Å². The predicted molar refractivity (Wildman–Crippen MR) is 83.5 cm³/mol. The number of aliphatic hydroxyl groups is 1. The molecule has 1 aliphatic rings. The molecule has 1 aliphatic heterocycles. The van der Waals surface area contributed by atoms with Crippen LogP contribution in [0.5, 0.6) is 5.75 Å². The standard InChI is InChI=1S/C17H27NO3/c1-13-7-8-14(2)18(13)10-16(19)12-21-11-15-5-4-6-17(9-15)20-3/h4-6,9,13-14,16,19H,7-8,10-12H2,1-3H3. The van der Waals surface area contributed by atoms with Crippen LogP contribution in [0, 0.1) is 0 Å². The molecule has 3 unspecified atom stereocenters. The highest BCUT2D eigenvalue weighted by atomic mass is 16.5. The maximum Gasteiger partial charge on any atom is 0.119 e. The summed E-state index contributed by atoms with van der Waals surface area (Å²) >= 11 is 0. The van der Waals surface area contributed by atoms with Crippen LogP contribution in [0.3, 0.4) is 0 Å². The number of ether oxygens (including phenoxy) is 2. The van der Waals surface area contributed by atoms with Crippen molar-refractivity contribution in [2.45, 2.75) is 51.5 Å². The Hall–Kier alpha value is -1.10. The first-order chi connectivity index (χ1) is 10.1. The van der Waals surface area contributed by atoms with Crippen LogP contribution in [-0.2, 0) is 11.3 Å². The molecule has 4 nitrogen and oxygen atoms in total. The van der Waals surface area contributed by atoms with Gasteiger partial charge in [-0.3, -0.25) is 4.90 Å². The lowest BCUT2D eigenvalue weighted by Crippen LogP contribution is -2.40. The molecule has 0 aliphatic carbocycles. The second kappa shape index (κ2) is 7.78. The van der Waals surface area contributed by atoms with Gasteiger partial charge in [0.05, 0.1) is 26.4 Å². The second-order valence-electron chi connectivity index (χ2n) is 5.99. The molecule has 1 saturated heterocycles. The molecule has 0 bridgehead atoms. The van der Waals surface area contributed by atoms with Crippen LogP contribution >= 0.6 is 0 Å². The normalized spacial score (nSPS) is 24.2. The van der Waals surface area contributed by atoms with Crippen molar-refractivity contribution in [1.29, 1.82) is 0 Å². The maximum atomic E-state index is 10.1. The Morgan fingerprint density at radius 2 is 2.00 bits per heavy atom. The van der Waals surface area contributed by atoms with Gasteiger partial charge in [0.1, 0.15) is 5.75 Å². The van der Waals surface area contributed by atoms with Gasteiger partial charge >= 0.3 is 0 Å². The van der Waals surface area contributed by atoms with Gasteiger partial charge in [-0.1, -0.05) is 12.1 Å². The number of benzene rings is 1. The summed E-state index contributed by atoms with van der Waals surface area (Å²) in [5, 5.41) is 10.1. The minimum absolute atomic E-state index is 0.368. The van der Waals surface area contributed by atoms with Crippen molar-refractivity contribution in [1.82, 2.24) is 4.90 Å². The topological polar surface area (TPSA) is 41.9 Å². The van der Waals surface area contributed by atoms with Crippen LogP contribution in [0.15, 0.2) is 24.3 Å². The Labute approximate surface area is 127 Å². The lowest BCUT2D eigenvalue weighted by molar-refractivity contribution is 0.00327. The van der Waals surface area contributed by atoms with E-state index in [1.54, 1.807) is 7.11 Å². The SMILES string of the molecule is COc1cccc(COCC(O)CN2C(C)CCC2C)c1. The van der Waals surface area contributed by atoms with Gasteiger partial charge < -0.3 is 14.6 Å². The summed E-state index contributed by atoms with van der Waals surface area (Å²) < 4.78 is 10.8. The Kier molecular flexibility index (Phi) is 6.03. The molecule has 1 aromatic rings. The molecule has 0 aromatic heterocycles. The van der Waals surface area contributed by atoms with E-state index in [0.717, 1.165) is 11.3 Å². The van der Waals surface area contributed by atoms with Crippen molar-refractivity contribution in [2.24, 2.45) is 0 Å². The molecule has 1 N–H and O–H groups in total. The molecule has 1 heterocycles. The molecule has 2 rings (SSSR count). The van der Waals surface area contributed by atoms with Crippen LogP contribution < -0.4 is 4.74 Å². The first-order valence-corrected chi connectivity index (χ1v) is 7.74. The molecule has 3 atom stereocenters. The largest absolute Gasteiger partial charge is 0.497 e. The predicted octanol–water partition coefficient (Wildman–Crippen LogP) is 2.45. The first-order valence-electron chi connectivity index (χ1n) is 7.74. The van der Waals surface area contributed by atoms with Gasteiger partial charge in [-0.2, -0.15) is 0 Å². The fourth-order valence-corrected chi connectivity index (χ4v) is 2.98. The zero-order chi connectivity index (χ0) is 15.2. The Bertz CT molecular complexity index is 428. The molecule has 0 saturated carbocycles. The van der Waals surface area contributed by atoms with E-state index in [9.17, 15) is 5.11 Å². The number of nitrogens with zero attached hydrogens (tertiary/aromatic N) is 1. The van der Waals surface area contributed by atoms with E-state index >= 15 is 0 Å². The van der Waals surface area contributed by atoms with Crippen molar-refractivity contribution in [3.63, 3.8) is 0 Å². The monoisotopic (exact) mass is 293 g/mol. The quantitative estimate of drug-likeness (QED) is 0.838. The molecule has 4 heteroatoms. The van der Waals surface area contributed by atoms with Crippen LogP contribution in [-0.4, -0.2) is 48.5 Å². The Morgan fingerprint density at radius 1 is 1.29 bits per heavy atom. The highest BCUT2D eigenvalue weighted by Gasteiger charge is 2.28. The number of hydrogen-bond donors (Lipinski definition) is 1. The van der Waals surface area contributed by atoms with Gasteiger partial charge in [-0.15, -0.1) is 0 Å². The third-order valence-electron chi connectivity index (χ3n) is 4.27. The summed E-state index contributed by atoms with van der Waals surface area (Å²) in [4.78, 5) is 2.37. The lowest BCUT2D eigenvalue weighted by atomic mass is 10.2. The van der Waals surface area contributed by atoms with E-state index in [-0.39, 0.29) is 0 Å². The highest BCUT2D eigenvalue weighted by molar-refractivity contribution is 5.27. The number of β-amino-alcohol motifs (C(OH)–C–C–N with tert-alkyl or cyclic N) is 1. The van der Waals surface area contributed by atoms with Crippen molar-refractivity contribution in [3.05, 3.63) is 29.8 Å². The lowest BCUT2D eigenvalue weighted by Gasteiger charge is -2.28. The Morgan fingerprint density at radius 3 is 2.67 bits per heavy atom. The third-order valence-corrected chi connectivity index (χ3v) is 4.27. The highest BCUT2D eigenvalue weighted by Crippen LogP contribution is 2.23. The van der Waals surface area contributed by atoms with E-state index in [0.29, 0.717) is 31.8 Å². The summed E-state index contributed by atoms with van der Waals surface area (Å²) in [6.07, 6.45) is 2.01. The fourth-order valence-electron chi connectivity index (χ4n) is 2.98. The van der Waals surface area contributed by atoms with Crippen LogP contribution in [0.1, 0.15) is 32.3 Å². The van der Waals surface area contributed by atoms with E-state index < -0.39 is 6.10 Å². The first kappa shape index (κ1) is 16.3. The molecule has 0 radical (unpaired) electrons. The summed E-state index contributed by atoms with van der Waals surface area (Å²) in [7, 11) is 1.65.